The van der Waals surface area contributed by atoms with Crippen LogP contribution in [-0.2, 0) is 4.74 Å². The lowest BCUT2D eigenvalue weighted by Gasteiger charge is -1.98. The minimum atomic E-state index is -0.489. The van der Waals surface area contributed by atoms with Crippen LogP contribution in [0.2, 0.25) is 0 Å². The average molecular weight is 200 g/mol. The zero-order valence-electron chi connectivity index (χ0n) is 9.08. The van der Waals surface area contributed by atoms with Gasteiger partial charge in [0.05, 0.1) is 6.61 Å². The summed E-state index contributed by atoms with van der Waals surface area (Å²) in [5.74, 6) is 0. The number of rotatable bonds is 7. The molecule has 0 saturated heterocycles. The molecule has 0 aromatic rings. The highest BCUT2D eigenvalue weighted by Crippen LogP contribution is 2.00. The molecule has 0 atom stereocenters. The van der Waals surface area contributed by atoms with Crippen LogP contribution in [0.15, 0.2) is 5.10 Å². The van der Waals surface area contributed by atoms with Gasteiger partial charge in [0.25, 0.3) is 0 Å². The predicted octanol–water partition coefficient (Wildman–Crippen LogP) is 2.69. The van der Waals surface area contributed by atoms with Crippen LogP contribution in [0.4, 0.5) is 4.79 Å². The van der Waals surface area contributed by atoms with E-state index in [0.717, 1.165) is 12.8 Å². The molecule has 0 aliphatic heterocycles. The van der Waals surface area contributed by atoms with Gasteiger partial charge in [0, 0.05) is 6.21 Å². The van der Waals surface area contributed by atoms with Crippen molar-refractivity contribution in [1.82, 2.24) is 5.43 Å². The van der Waals surface area contributed by atoms with Crippen LogP contribution >= 0.6 is 0 Å². The number of carbonyl (C=O) groups excluding carboxylic acids is 1. The fourth-order valence-electron chi connectivity index (χ4n) is 0.989. The fourth-order valence-corrected chi connectivity index (χ4v) is 0.989. The molecule has 0 fully saturated rings. The number of ether oxygens (including phenoxy) is 1. The molecule has 0 spiro atoms. The maximum absolute atomic E-state index is 10.7. The van der Waals surface area contributed by atoms with Crippen molar-refractivity contribution >= 4 is 12.3 Å². The van der Waals surface area contributed by atoms with Gasteiger partial charge in [0.2, 0.25) is 0 Å². The van der Waals surface area contributed by atoms with Gasteiger partial charge < -0.3 is 4.74 Å². The molecule has 82 valence electrons. The van der Waals surface area contributed by atoms with Crippen LogP contribution in [0.5, 0.6) is 0 Å². The molecule has 0 saturated carbocycles. The van der Waals surface area contributed by atoms with Crippen molar-refractivity contribution in [3.05, 3.63) is 0 Å². The number of hydrogen-bond donors (Lipinski definition) is 1. The summed E-state index contributed by atoms with van der Waals surface area (Å²) < 4.78 is 4.62. The third-order valence-electron chi connectivity index (χ3n) is 1.71. The third-order valence-corrected chi connectivity index (χ3v) is 1.71. The lowest BCUT2D eigenvalue weighted by molar-refractivity contribution is 0.152. The SMILES string of the molecule is CCCCCCC=NNC(=O)OCC. The Bertz CT molecular complexity index is 170. The van der Waals surface area contributed by atoms with Crippen molar-refractivity contribution in [1.29, 1.82) is 0 Å². The largest absolute Gasteiger partial charge is 0.449 e. The lowest BCUT2D eigenvalue weighted by Crippen LogP contribution is -2.18. The second-order valence-electron chi connectivity index (χ2n) is 2.99. The Kier molecular flexibility index (Phi) is 9.26. The van der Waals surface area contributed by atoms with Crippen molar-refractivity contribution in [3.63, 3.8) is 0 Å². The fraction of sp³-hybridized carbons (Fsp3) is 0.800. The molecule has 0 bridgehead atoms. The molecule has 1 amide bonds. The molecule has 1 N–H and O–H groups in total. The van der Waals surface area contributed by atoms with E-state index in [4.69, 9.17) is 0 Å². The minimum absolute atomic E-state index is 0.373. The van der Waals surface area contributed by atoms with Gasteiger partial charge >= 0.3 is 6.09 Å². The van der Waals surface area contributed by atoms with E-state index in [1.165, 1.54) is 19.3 Å². The highest BCUT2D eigenvalue weighted by molar-refractivity contribution is 5.68. The lowest BCUT2D eigenvalue weighted by atomic mass is 10.2. The van der Waals surface area contributed by atoms with E-state index < -0.39 is 6.09 Å². The summed E-state index contributed by atoms with van der Waals surface area (Å²) in [4.78, 5) is 10.7. The second-order valence-corrected chi connectivity index (χ2v) is 2.99. The molecule has 0 heterocycles. The molecular formula is C10H20N2O2. The van der Waals surface area contributed by atoms with Gasteiger partial charge in [-0.05, 0) is 19.8 Å². The quantitative estimate of drug-likeness (QED) is 0.390. The van der Waals surface area contributed by atoms with E-state index in [0.29, 0.717) is 6.61 Å². The van der Waals surface area contributed by atoms with E-state index in [1.54, 1.807) is 13.1 Å². The number of amides is 1. The maximum Gasteiger partial charge on any atom is 0.427 e. The summed E-state index contributed by atoms with van der Waals surface area (Å²) in [7, 11) is 0. The monoisotopic (exact) mass is 200 g/mol. The molecule has 0 aromatic heterocycles. The summed E-state index contributed by atoms with van der Waals surface area (Å²) in [6.07, 6.45) is 6.98. The Morgan fingerprint density at radius 1 is 1.36 bits per heavy atom. The highest BCUT2D eigenvalue weighted by atomic mass is 16.5. The molecule has 0 unspecified atom stereocenters. The first kappa shape index (κ1) is 12.9. The summed E-state index contributed by atoms with van der Waals surface area (Å²) in [5, 5.41) is 3.74. The van der Waals surface area contributed by atoms with Crippen LogP contribution in [0, 0.1) is 0 Å². The Morgan fingerprint density at radius 3 is 2.79 bits per heavy atom. The van der Waals surface area contributed by atoms with Crippen molar-refractivity contribution in [2.24, 2.45) is 5.10 Å². The van der Waals surface area contributed by atoms with Gasteiger partial charge in [-0.25, -0.2) is 10.2 Å². The van der Waals surface area contributed by atoms with Crippen molar-refractivity contribution in [3.8, 4) is 0 Å². The van der Waals surface area contributed by atoms with E-state index in [9.17, 15) is 4.79 Å². The first-order valence-electron chi connectivity index (χ1n) is 5.25. The number of hydrogen-bond acceptors (Lipinski definition) is 3. The Morgan fingerprint density at radius 2 is 2.14 bits per heavy atom. The Labute approximate surface area is 85.7 Å². The number of nitrogens with zero attached hydrogens (tertiary/aromatic N) is 1. The normalized spacial score (nSPS) is 10.4. The zero-order valence-corrected chi connectivity index (χ0v) is 9.08. The second kappa shape index (κ2) is 10.0. The molecule has 4 heteroatoms. The van der Waals surface area contributed by atoms with Gasteiger partial charge in [0.1, 0.15) is 0 Å². The third kappa shape index (κ3) is 9.03. The highest BCUT2D eigenvalue weighted by Gasteiger charge is 1.94. The first-order chi connectivity index (χ1) is 6.81. The number of carbonyl (C=O) groups is 1. The minimum Gasteiger partial charge on any atom is -0.449 e. The van der Waals surface area contributed by atoms with Gasteiger partial charge in [-0.2, -0.15) is 5.10 Å². The van der Waals surface area contributed by atoms with Crippen molar-refractivity contribution < 1.29 is 9.53 Å². The Hall–Kier alpha value is -1.06. The Balaban J connectivity index is 3.22. The summed E-state index contributed by atoms with van der Waals surface area (Å²) in [6, 6.07) is 0. The topological polar surface area (TPSA) is 50.7 Å². The molecule has 0 aliphatic carbocycles. The van der Waals surface area contributed by atoms with Gasteiger partial charge in [-0.3, -0.25) is 0 Å². The van der Waals surface area contributed by atoms with Gasteiger partial charge in [0.15, 0.2) is 0 Å². The van der Waals surface area contributed by atoms with Crippen LogP contribution in [0.25, 0.3) is 0 Å². The predicted molar refractivity (Wildman–Crippen MR) is 57.4 cm³/mol. The number of nitrogens with one attached hydrogen (secondary N) is 1. The summed E-state index contributed by atoms with van der Waals surface area (Å²) in [6.45, 7) is 4.31. The number of hydrazone groups is 1. The van der Waals surface area contributed by atoms with E-state index in [-0.39, 0.29) is 0 Å². The van der Waals surface area contributed by atoms with Crippen LogP contribution in [0.3, 0.4) is 0 Å². The standard InChI is InChI=1S/C10H20N2O2/c1-3-5-6-7-8-9-11-12-10(13)14-4-2/h9H,3-8H2,1-2H3,(H,12,13). The molecule has 4 nitrogen and oxygen atoms in total. The molecule has 0 radical (unpaired) electrons. The molecule has 0 rings (SSSR count). The summed E-state index contributed by atoms with van der Waals surface area (Å²) in [5.41, 5.74) is 2.28. The first-order valence-corrected chi connectivity index (χ1v) is 5.25. The van der Waals surface area contributed by atoms with Gasteiger partial charge in [-0.1, -0.05) is 26.2 Å². The van der Waals surface area contributed by atoms with Crippen LogP contribution in [0.1, 0.15) is 46.0 Å². The number of unbranched alkanes of at least 4 members (excludes halogenated alkanes) is 4. The molecule has 0 aliphatic rings. The smallest absolute Gasteiger partial charge is 0.427 e. The van der Waals surface area contributed by atoms with Crippen molar-refractivity contribution in [2.75, 3.05) is 6.61 Å². The zero-order chi connectivity index (χ0) is 10.6. The maximum atomic E-state index is 10.7. The van der Waals surface area contributed by atoms with E-state index in [2.05, 4.69) is 22.2 Å². The van der Waals surface area contributed by atoms with Crippen molar-refractivity contribution in [2.45, 2.75) is 46.0 Å². The molecule has 14 heavy (non-hydrogen) atoms. The summed E-state index contributed by atoms with van der Waals surface area (Å²) >= 11 is 0. The molecular weight excluding hydrogens is 180 g/mol. The van der Waals surface area contributed by atoms with E-state index >= 15 is 0 Å². The van der Waals surface area contributed by atoms with E-state index in [1.807, 2.05) is 0 Å². The molecule has 0 aromatic carbocycles. The van der Waals surface area contributed by atoms with Gasteiger partial charge in [-0.15, -0.1) is 0 Å². The van der Waals surface area contributed by atoms with Crippen LogP contribution < -0.4 is 5.43 Å². The average Bonchev–Trinajstić information content (AvgIpc) is 2.17. The van der Waals surface area contributed by atoms with Crippen LogP contribution in [-0.4, -0.2) is 18.9 Å².